The number of hydrogen-bond donors (Lipinski definition) is 1. The molecule has 3 nitrogen and oxygen atoms in total. The minimum atomic E-state index is -0.376. The quantitative estimate of drug-likeness (QED) is 0.886. The van der Waals surface area contributed by atoms with Crippen molar-refractivity contribution in [3.63, 3.8) is 0 Å². The van der Waals surface area contributed by atoms with Crippen LogP contribution in [0.25, 0.3) is 0 Å². The van der Waals surface area contributed by atoms with Gasteiger partial charge in [0, 0.05) is 5.54 Å². The SMILES string of the molecule is CC(C)(C)C(C)(C)NC(=O)OCc1ccccc1. The van der Waals surface area contributed by atoms with Crippen LogP contribution in [0.2, 0.25) is 0 Å². The third-order valence-corrected chi connectivity index (χ3v) is 3.50. The third kappa shape index (κ3) is 4.06. The molecule has 0 fully saturated rings. The summed E-state index contributed by atoms with van der Waals surface area (Å²) in [4.78, 5) is 11.7. The maximum absolute atomic E-state index is 11.7. The van der Waals surface area contributed by atoms with E-state index < -0.39 is 0 Å². The molecule has 0 saturated carbocycles. The van der Waals surface area contributed by atoms with Crippen molar-refractivity contribution in [2.24, 2.45) is 5.41 Å². The Labute approximate surface area is 110 Å². The first-order valence-corrected chi connectivity index (χ1v) is 6.21. The van der Waals surface area contributed by atoms with E-state index in [2.05, 4.69) is 26.1 Å². The van der Waals surface area contributed by atoms with Crippen LogP contribution >= 0.6 is 0 Å². The Morgan fingerprint density at radius 2 is 1.67 bits per heavy atom. The zero-order valence-electron chi connectivity index (χ0n) is 11.9. The van der Waals surface area contributed by atoms with Gasteiger partial charge in [-0.15, -0.1) is 0 Å². The van der Waals surface area contributed by atoms with Crippen LogP contribution < -0.4 is 5.32 Å². The average molecular weight is 249 g/mol. The van der Waals surface area contributed by atoms with Crippen molar-refractivity contribution in [3.05, 3.63) is 35.9 Å². The molecule has 1 rings (SSSR count). The van der Waals surface area contributed by atoms with Gasteiger partial charge in [-0.25, -0.2) is 4.79 Å². The summed E-state index contributed by atoms with van der Waals surface area (Å²) in [6.45, 7) is 10.6. The molecule has 0 aliphatic carbocycles. The Balaban J connectivity index is 2.48. The van der Waals surface area contributed by atoms with E-state index in [1.54, 1.807) is 0 Å². The van der Waals surface area contributed by atoms with Crippen LogP contribution in [-0.2, 0) is 11.3 Å². The molecule has 0 aliphatic rings. The predicted octanol–water partition coefficient (Wildman–Crippen LogP) is 3.74. The van der Waals surface area contributed by atoms with E-state index in [1.165, 1.54) is 0 Å². The zero-order chi connectivity index (χ0) is 13.8. The highest BCUT2D eigenvalue weighted by atomic mass is 16.5. The molecule has 3 heteroatoms. The van der Waals surface area contributed by atoms with Gasteiger partial charge < -0.3 is 10.1 Å². The van der Waals surface area contributed by atoms with Gasteiger partial charge in [-0.05, 0) is 24.8 Å². The van der Waals surface area contributed by atoms with Gasteiger partial charge in [0.2, 0.25) is 0 Å². The van der Waals surface area contributed by atoms with Crippen LogP contribution in [0.4, 0.5) is 4.79 Å². The second-order valence-corrected chi connectivity index (χ2v) is 6.06. The Hall–Kier alpha value is -1.51. The van der Waals surface area contributed by atoms with Gasteiger partial charge in [-0.1, -0.05) is 51.1 Å². The smallest absolute Gasteiger partial charge is 0.407 e. The molecule has 0 unspecified atom stereocenters. The summed E-state index contributed by atoms with van der Waals surface area (Å²) in [7, 11) is 0. The molecule has 0 spiro atoms. The van der Waals surface area contributed by atoms with Crippen molar-refractivity contribution in [2.75, 3.05) is 0 Å². The summed E-state index contributed by atoms with van der Waals surface area (Å²) in [5.41, 5.74) is 0.640. The highest BCUT2D eigenvalue weighted by Crippen LogP contribution is 2.29. The molecule has 1 amide bonds. The fraction of sp³-hybridized carbons (Fsp3) is 0.533. The van der Waals surface area contributed by atoms with Gasteiger partial charge in [0.25, 0.3) is 0 Å². The fourth-order valence-electron chi connectivity index (χ4n) is 1.20. The molecule has 0 heterocycles. The molecule has 0 saturated heterocycles. The van der Waals surface area contributed by atoms with Gasteiger partial charge >= 0.3 is 6.09 Å². The van der Waals surface area contributed by atoms with Gasteiger partial charge in [0.05, 0.1) is 0 Å². The van der Waals surface area contributed by atoms with Crippen molar-refractivity contribution in [2.45, 2.75) is 46.8 Å². The predicted molar refractivity (Wildman–Crippen MR) is 73.3 cm³/mol. The van der Waals surface area contributed by atoms with E-state index in [-0.39, 0.29) is 17.0 Å². The normalized spacial score (nSPS) is 12.1. The summed E-state index contributed by atoms with van der Waals surface area (Å²) in [6.07, 6.45) is -0.376. The minimum Gasteiger partial charge on any atom is -0.445 e. The summed E-state index contributed by atoms with van der Waals surface area (Å²) in [5, 5.41) is 2.91. The molecule has 0 aromatic heterocycles. The van der Waals surface area contributed by atoms with Crippen LogP contribution in [0.15, 0.2) is 30.3 Å². The van der Waals surface area contributed by atoms with Crippen molar-refractivity contribution >= 4 is 6.09 Å². The van der Waals surface area contributed by atoms with Crippen molar-refractivity contribution < 1.29 is 9.53 Å². The second kappa shape index (κ2) is 5.42. The van der Waals surface area contributed by atoms with E-state index in [4.69, 9.17) is 4.74 Å². The first kappa shape index (κ1) is 14.6. The Morgan fingerprint density at radius 3 is 2.17 bits per heavy atom. The number of alkyl carbamates (subject to hydrolysis) is 1. The lowest BCUT2D eigenvalue weighted by Gasteiger charge is -2.39. The lowest BCUT2D eigenvalue weighted by Crippen LogP contribution is -2.52. The number of carbonyl (C=O) groups is 1. The molecule has 1 aromatic carbocycles. The van der Waals surface area contributed by atoms with Crippen LogP contribution in [0.1, 0.15) is 40.2 Å². The topological polar surface area (TPSA) is 38.3 Å². The van der Waals surface area contributed by atoms with Gasteiger partial charge in [0.1, 0.15) is 6.61 Å². The zero-order valence-corrected chi connectivity index (χ0v) is 11.9. The maximum atomic E-state index is 11.7. The molecule has 0 aliphatic heterocycles. The molecule has 18 heavy (non-hydrogen) atoms. The van der Waals surface area contributed by atoms with Crippen LogP contribution in [-0.4, -0.2) is 11.6 Å². The van der Waals surface area contributed by atoms with Gasteiger partial charge in [-0.3, -0.25) is 0 Å². The van der Waals surface area contributed by atoms with Gasteiger partial charge in [-0.2, -0.15) is 0 Å². The van der Waals surface area contributed by atoms with E-state index in [0.29, 0.717) is 6.61 Å². The highest BCUT2D eigenvalue weighted by molar-refractivity contribution is 5.68. The molecular weight excluding hydrogens is 226 g/mol. The van der Waals surface area contributed by atoms with Gasteiger partial charge in [0.15, 0.2) is 0 Å². The summed E-state index contributed by atoms with van der Waals surface area (Å²) < 4.78 is 5.21. The Kier molecular flexibility index (Phi) is 4.38. The molecule has 0 bridgehead atoms. The number of amides is 1. The van der Waals surface area contributed by atoms with E-state index in [9.17, 15) is 4.79 Å². The first-order chi connectivity index (χ1) is 8.22. The minimum absolute atomic E-state index is 0.0290. The number of nitrogens with one attached hydrogen (secondary N) is 1. The largest absolute Gasteiger partial charge is 0.445 e. The lowest BCUT2D eigenvalue weighted by atomic mass is 9.76. The van der Waals surface area contributed by atoms with Crippen molar-refractivity contribution in [1.82, 2.24) is 5.32 Å². The Morgan fingerprint density at radius 1 is 1.11 bits per heavy atom. The first-order valence-electron chi connectivity index (χ1n) is 6.21. The van der Waals surface area contributed by atoms with E-state index in [1.807, 2.05) is 44.2 Å². The second-order valence-electron chi connectivity index (χ2n) is 6.06. The highest BCUT2D eigenvalue weighted by Gasteiger charge is 2.34. The number of benzene rings is 1. The van der Waals surface area contributed by atoms with Crippen molar-refractivity contribution in [3.8, 4) is 0 Å². The van der Waals surface area contributed by atoms with Crippen LogP contribution in [0.3, 0.4) is 0 Å². The summed E-state index contributed by atoms with van der Waals surface area (Å²) in [5.74, 6) is 0. The molecule has 100 valence electrons. The van der Waals surface area contributed by atoms with Crippen molar-refractivity contribution in [1.29, 1.82) is 0 Å². The monoisotopic (exact) mass is 249 g/mol. The molecular formula is C15H23NO2. The number of carbonyl (C=O) groups excluding carboxylic acids is 1. The molecule has 0 atom stereocenters. The molecule has 1 aromatic rings. The molecule has 1 N–H and O–H groups in total. The summed E-state index contributed by atoms with van der Waals surface area (Å²) >= 11 is 0. The molecule has 0 radical (unpaired) electrons. The third-order valence-electron chi connectivity index (χ3n) is 3.50. The van der Waals surface area contributed by atoms with E-state index in [0.717, 1.165) is 5.56 Å². The van der Waals surface area contributed by atoms with E-state index >= 15 is 0 Å². The number of ether oxygens (including phenoxy) is 1. The van der Waals surface area contributed by atoms with Crippen LogP contribution in [0, 0.1) is 5.41 Å². The average Bonchev–Trinajstić information content (AvgIpc) is 2.26. The standard InChI is InChI=1S/C15H23NO2/c1-14(2,3)15(4,5)16-13(17)18-11-12-9-7-6-8-10-12/h6-10H,11H2,1-5H3,(H,16,17). The maximum Gasteiger partial charge on any atom is 0.407 e. The summed E-state index contributed by atoms with van der Waals surface area (Å²) in [6, 6.07) is 9.65. The van der Waals surface area contributed by atoms with Crippen LogP contribution in [0.5, 0.6) is 0 Å². The fourth-order valence-corrected chi connectivity index (χ4v) is 1.20. The number of rotatable bonds is 3. The Bertz CT molecular complexity index is 391. The number of hydrogen-bond acceptors (Lipinski definition) is 2. The lowest BCUT2D eigenvalue weighted by molar-refractivity contribution is 0.107.